The van der Waals surface area contributed by atoms with Gasteiger partial charge in [-0.2, -0.15) is 49.6 Å². The summed E-state index contributed by atoms with van der Waals surface area (Å²) in [6, 6.07) is 6.51. The van der Waals surface area contributed by atoms with Crippen LogP contribution in [-0.4, -0.2) is 108 Å². The molecule has 1 fully saturated rings. The molecule has 3 heterocycles. The quantitative estimate of drug-likeness (QED) is 0.0237. The number of carbonyl (C=O) groups is 3. The van der Waals surface area contributed by atoms with Gasteiger partial charge in [0.15, 0.2) is 21.3 Å². The highest BCUT2D eigenvalue weighted by molar-refractivity contribution is 7.93. The number of pyridine rings is 1. The third kappa shape index (κ3) is 15.6. The standard InChI is InChI=1S/C54H53ClF10N8O14P2S2/c1-26-14-28(19-39(74)66-25-88(77,78)79)44(38(15-26)87-89(80,81)82)50(2,3)22-41(76)73(91(7,85)86)49-43-36(55)11-10-33(46(43)72(70-49)24-52(58,59)60)32-9-8-31(12-13-51(4,5)90(6,83)84)67-45(32)37(18-27-16-29(56)20-30(57)17-27)68-40(75)23-71-48-42(47(69-71)54(63,64)65)34-21-35(34)53(48,61)62/h8-11,14-17,20,34-35,37H,18-19,21-25H2,1-7H3,(H,66,74)(H,68,75)(H2,77,78,79)(H2,80,81,82)/t34-,35+,37-/m0/s1. The number of anilines is 1. The van der Waals surface area contributed by atoms with Crippen molar-refractivity contribution in [2.75, 3.05) is 23.1 Å². The summed E-state index contributed by atoms with van der Waals surface area (Å²) in [6.07, 6.45) is -13.6. The van der Waals surface area contributed by atoms with E-state index in [2.05, 4.69) is 32.3 Å². The van der Waals surface area contributed by atoms with Crippen LogP contribution >= 0.6 is 27.0 Å². The Bertz CT molecular complexity index is 4390. The number of hydrogen-bond acceptors (Lipinski definition) is 13. The summed E-state index contributed by atoms with van der Waals surface area (Å²) in [5.74, 6) is -9.98. The molecule has 37 heteroatoms. The zero-order valence-corrected chi connectivity index (χ0v) is 52.5. The Hall–Kier alpha value is -6.95. The van der Waals surface area contributed by atoms with Gasteiger partial charge in [0, 0.05) is 52.3 Å². The van der Waals surface area contributed by atoms with E-state index in [1.807, 2.05) is 5.32 Å². The van der Waals surface area contributed by atoms with Gasteiger partial charge in [-0.3, -0.25) is 38.1 Å². The summed E-state index contributed by atoms with van der Waals surface area (Å²) in [4.78, 5) is 85.8. The van der Waals surface area contributed by atoms with Crippen LogP contribution in [0.15, 0.2) is 54.6 Å². The monoisotopic (exact) mass is 1390 g/mol. The summed E-state index contributed by atoms with van der Waals surface area (Å²) < 4.78 is 231. The maximum Gasteiger partial charge on any atom is 0.524 e. The molecule has 0 spiro atoms. The predicted octanol–water partition coefficient (Wildman–Crippen LogP) is 8.53. The summed E-state index contributed by atoms with van der Waals surface area (Å²) >= 11 is 6.80. The van der Waals surface area contributed by atoms with Gasteiger partial charge in [0.1, 0.15) is 52.9 Å². The van der Waals surface area contributed by atoms with E-state index >= 15 is 22.4 Å². The highest BCUT2D eigenvalue weighted by Crippen LogP contribution is 2.68. The van der Waals surface area contributed by atoms with Crippen molar-refractivity contribution in [1.82, 2.24) is 35.2 Å². The summed E-state index contributed by atoms with van der Waals surface area (Å²) in [5, 5.41) is 10.4. The summed E-state index contributed by atoms with van der Waals surface area (Å²) in [5.41, 5.74) is -9.11. The fourth-order valence-electron chi connectivity index (χ4n) is 10.8. The molecule has 3 atom stereocenters. The number of nitrogens with zero attached hydrogens (tertiary/aromatic N) is 6. The van der Waals surface area contributed by atoms with Gasteiger partial charge in [0.25, 0.3) is 5.92 Å². The second-order valence-corrected chi connectivity index (χ2v) is 30.6. The SMILES string of the molecule is Cc1cc(CC(=O)NCP(=O)(O)O)c(C(C)(C)CC(=O)N(c2nn(CC(F)(F)F)c3c(-c4ccc(C#CC(C)(C)S(C)(=O)=O)nc4[C@H](Cc4cc(F)cc(F)c4)NC(=O)Cn4nc(C(F)(F)F)c5c4C(F)(F)[C@@H]4C[C@H]54)ccc(Cl)c23)S(C)(=O)=O)c(OP(=O)(O)O)c1. The number of rotatable bonds is 20. The van der Waals surface area contributed by atoms with Crippen LogP contribution in [0.5, 0.6) is 5.75 Å². The van der Waals surface area contributed by atoms with Gasteiger partial charge in [-0.15, -0.1) is 0 Å². The number of sulfonamides is 1. The second-order valence-electron chi connectivity index (χ2n) is 23.0. The van der Waals surface area contributed by atoms with E-state index < -0.39 is 217 Å². The molecule has 0 unspecified atom stereocenters. The molecule has 2 aliphatic carbocycles. The molecule has 6 aromatic rings. The molecule has 3 amide bonds. The molecule has 1 saturated carbocycles. The number of fused-ring (bicyclic) bond motifs is 4. The Kier molecular flexibility index (Phi) is 18.6. The van der Waals surface area contributed by atoms with Crippen molar-refractivity contribution in [2.45, 2.75) is 114 Å². The fourth-order valence-corrected chi connectivity index (χ4v) is 12.9. The van der Waals surface area contributed by atoms with Crippen LogP contribution in [0.1, 0.15) is 103 Å². The predicted molar refractivity (Wildman–Crippen MR) is 305 cm³/mol. The van der Waals surface area contributed by atoms with E-state index in [1.165, 1.54) is 40.7 Å². The van der Waals surface area contributed by atoms with Gasteiger partial charge in [-0.1, -0.05) is 43.5 Å². The van der Waals surface area contributed by atoms with E-state index in [1.54, 1.807) is 0 Å². The molecule has 8 rings (SSSR count). The van der Waals surface area contributed by atoms with Crippen LogP contribution in [0.2, 0.25) is 5.02 Å². The van der Waals surface area contributed by atoms with Crippen molar-refractivity contribution >= 4 is 81.3 Å². The Balaban J connectivity index is 1.34. The minimum absolute atomic E-state index is 0.0597. The molecular formula is C54H53ClF10N8O14P2S2. The Labute approximate surface area is 516 Å². The lowest BCUT2D eigenvalue weighted by Gasteiger charge is -2.31. The maximum atomic E-state index is 15.8. The number of phosphoric ester groups is 1. The van der Waals surface area contributed by atoms with Crippen molar-refractivity contribution in [3.63, 3.8) is 0 Å². The number of aryl methyl sites for hydroxylation is 1. The average Bonchev–Trinajstić information content (AvgIpc) is 1.52. The topological polar surface area (TPSA) is 320 Å². The Morgan fingerprint density at radius 1 is 0.890 bits per heavy atom. The Morgan fingerprint density at radius 2 is 1.52 bits per heavy atom. The molecule has 6 N–H and O–H groups in total. The van der Waals surface area contributed by atoms with Crippen LogP contribution in [0.4, 0.5) is 49.7 Å². The summed E-state index contributed by atoms with van der Waals surface area (Å²) in [7, 11) is -19.6. The maximum absolute atomic E-state index is 15.8. The van der Waals surface area contributed by atoms with E-state index in [9.17, 15) is 81.5 Å². The Morgan fingerprint density at radius 3 is 2.09 bits per heavy atom. The number of carbonyl (C=O) groups excluding carboxylic acids is 3. The molecule has 3 aromatic carbocycles. The van der Waals surface area contributed by atoms with Crippen molar-refractivity contribution < 1.29 is 108 Å². The summed E-state index contributed by atoms with van der Waals surface area (Å²) in [6.45, 7) is 2.64. The van der Waals surface area contributed by atoms with Gasteiger partial charge in [0.2, 0.25) is 27.7 Å². The number of benzene rings is 3. The van der Waals surface area contributed by atoms with Crippen molar-refractivity contribution in [3.8, 4) is 28.7 Å². The molecule has 0 aliphatic heterocycles. The van der Waals surface area contributed by atoms with Crippen LogP contribution in [0, 0.1) is 36.3 Å². The van der Waals surface area contributed by atoms with Gasteiger partial charge in [-0.25, -0.2) is 35.2 Å². The molecule has 0 saturated heterocycles. The molecular weight excluding hydrogens is 1340 g/mol. The van der Waals surface area contributed by atoms with Crippen LogP contribution < -0.4 is 19.5 Å². The zero-order chi connectivity index (χ0) is 68.1. The van der Waals surface area contributed by atoms with Gasteiger partial charge >= 0.3 is 27.8 Å². The minimum Gasteiger partial charge on any atom is -0.404 e. The first kappa shape index (κ1) is 69.9. The third-order valence-corrected chi connectivity index (χ3v) is 19.0. The number of sulfone groups is 1. The third-order valence-electron chi connectivity index (χ3n) is 14.7. The largest absolute Gasteiger partial charge is 0.524 e. The molecule has 492 valence electrons. The smallest absolute Gasteiger partial charge is 0.404 e. The fraction of sp³-hybridized carbons (Fsp3) is 0.407. The molecule has 0 radical (unpaired) electrons. The van der Waals surface area contributed by atoms with Gasteiger partial charge < -0.3 is 24.9 Å². The number of phosphoric acid groups is 1. The van der Waals surface area contributed by atoms with E-state index in [0.717, 1.165) is 48.7 Å². The zero-order valence-electron chi connectivity index (χ0n) is 48.3. The number of hydrogen-bond donors (Lipinski definition) is 6. The molecule has 2 aliphatic rings. The molecule has 91 heavy (non-hydrogen) atoms. The number of alkyl halides is 8. The molecule has 22 nitrogen and oxygen atoms in total. The minimum atomic E-state index is -5.54. The molecule has 3 aromatic heterocycles. The van der Waals surface area contributed by atoms with Crippen LogP contribution in [0.25, 0.3) is 22.0 Å². The van der Waals surface area contributed by atoms with Crippen LogP contribution in [0.3, 0.4) is 0 Å². The lowest BCUT2D eigenvalue weighted by atomic mass is 9.77. The average molecular weight is 1390 g/mol. The first-order valence-corrected chi connectivity index (χ1v) is 33.9. The van der Waals surface area contributed by atoms with E-state index in [-0.39, 0.29) is 42.3 Å². The lowest BCUT2D eigenvalue weighted by molar-refractivity contribution is -0.143. The highest BCUT2D eigenvalue weighted by atomic mass is 35.5. The molecule has 0 bridgehead atoms. The van der Waals surface area contributed by atoms with Crippen molar-refractivity contribution in [2.24, 2.45) is 5.92 Å². The number of nitrogens with one attached hydrogen (secondary N) is 2. The lowest BCUT2D eigenvalue weighted by Crippen LogP contribution is -2.40. The van der Waals surface area contributed by atoms with Gasteiger partial charge in [-0.05, 0) is 98.5 Å². The van der Waals surface area contributed by atoms with Gasteiger partial charge in [0.05, 0.1) is 40.3 Å². The number of aromatic nitrogens is 5. The van der Waals surface area contributed by atoms with Crippen LogP contribution in [-0.2, 0) is 86.8 Å². The second kappa shape index (κ2) is 24.2. The first-order valence-electron chi connectivity index (χ1n) is 26.5. The number of halogens is 11. The highest BCUT2D eigenvalue weighted by Gasteiger charge is 2.68. The van der Waals surface area contributed by atoms with E-state index in [0.29, 0.717) is 12.3 Å². The normalized spacial score (nSPS) is 16.4. The number of amides is 3. The van der Waals surface area contributed by atoms with Crippen molar-refractivity contribution in [1.29, 1.82) is 0 Å². The van der Waals surface area contributed by atoms with Crippen molar-refractivity contribution in [3.05, 3.63) is 122 Å². The van der Waals surface area contributed by atoms with E-state index in [4.69, 9.17) is 16.1 Å². The first-order chi connectivity index (χ1) is 41.5.